The minimum atomic E-state index is -0.438. The molecule has 10 heteroatoms. The van der Waals surface area contributed by atoms with Gasteiger partial charge in [-0.25, -0.2) is 9.38 Å². The van der Waals surface area contributed by atoms with E-state index in [0.717, 1.165) is 58.0 Å². The number of piperidine rings is 1. The standard InChI is InChI=1S/C28H40ClFN4O4/c1-28(32-19-23(29)20-33-28)34-14-11-21(12-15-34)7-6-16-38-24-10-9-22(25(30)18-24)17-26(35)31-13-5-3-4-8-27(36)37-2/h9-10,18-21,32H,3-8,11-17H2,1-2H3,(H,31,35). The number of halogens is 2. The summed E-state index contributed by atoms with van der Waals surface area (Å²) in [7, 11) is 1.37. The zero-order chi connectivity index (χ0) is 27.4. The van der Waals surface area contributed by atoms with E-state index in [4.69, 9.17) is 16.3 Å². The first-order chi connectivity index (χ1) is 18.3. The zero-order valence-corrected chi connectivity index (χ0v) is 23.2. The van der Waals surface area contributed by atoms with E-state index in [1.54, 1.807) is 24.5 Å². The van der Waals surface area contributed by atoms with Crippen LogP contribution in [0.4, 0.5) is 4.39 Å². The number of ether oxygens (including phenoxy) is 2. The van der Waals surface area contributed by atoms with Crippen molar-refractivity contribution in [1.29, 1.82) is 0 Å². The van der Waals surface area contributed by atoms with Crippen molar-refractivity contribution in [3.8, 4) is 5.75 Å². The van der Waals surface area contributed by atoms with Gasteiger partial charge in [0.1, 0.15) is 11.6 Å². The van der Waals surface area contributed by atoms with E-state index in [1.165, 1.54) is 13.2 Å². The highest BCUT2D eigenvalue weighted by molar-refractivity contribution is 6.39. The van der Waals surface area contributed by atoms with Crippen LogP contribution in [0.5, 0.6) is 5.75 Å². The second-order valence-electron chi connectivity index (χ2n) is 10.0. The minimum Gasteiger partial charge on any atom is -0.493 e. The highest BCUT2D eigenvalue weighted by Gasteiger charge is 2.34. The van der Waals surface area contributed by atoms with Crippen molar-refractivity contribution >= 4 is 29.7 Å². The number of unbranched alkanes of at least 4 members (excludes halogenated alkanes) is 2. The SMILES string of the molecule is COC(=O)CCCCCNC(=O)Cc1ccc(OCCCC2CCN(C3(C)N=CC(Cl)=CN3)CC2)cc1F. The van der Waals surface area contributed by atoms with Crippen LogP contribution in [0.3, 0.4) is 0 Å². The molecule has 0 bridgehead atoms. The van der Waals surface area contributed by atoms with Gasteiger partial charge in [-0.3, -0.25) is 14.5 Å². The Labute approximate surface area is 230 Å². The molecule has 1 fully saturated rings. The van der Waals surface area contributed by atoms with Crippen LogP contribution in [0.2, 0.25) is 0 Å². The number of methoxy groups -OCH3 is 1. The average Bonchev–Trinajstić information content (AvgIpc) is 2.92. The lowest BCUT2D eigenvalue weighted by molar-refractivity contribution is -0.140. The minimum absolute atomic E-state index is 0.0177. The van der Waals surface area contributed by atoms with Gasteiger partial charge in [0, 0.05) is 44.5 Å². The molecule has 2 aliphatic rings. The number of benzene rings is 1. The maximum Gasteiger partial charge on any atom is 0.305 e. The third kappa shape index (κ3) is 9.58. The lowest BCUT2D eigenvalue weighted by Crippen LogP contribution is -2.57. The monoisotopic (exact) mass is 550 g/mol. The summed E-state index contributed by atoms with van der Waals surface area (Å²) in [5, 5.41) is 6.69. The van der Waals surface area contributed by atoms with Gasteiger partial charge in [-0.05, 0) is 63.0 Å². The summed E-state index contributed by atoms with van der Waals surface area (Å²) < 4.78 is 24.9. The first kappa shape index (κ1) is 29.9. The molecule has 0 radical (unpaired) electrons. The number of hydrogen-bond donors (Lipinski definition) is 2. The third-order valence-corrected chi connectivity index (χ3v) is 7.37. The van der Waals surface area contributed by atoms with Gasteiger partial charge in [-0.1, -0.05) is 24.1 Å². The van der Waals surface area contributed by atoms with Crippen molar-refractivity contribution in [1.82, 2.24) is 15.5 Å². The second kappa shape index (κ2) is 15.1. The van der Waals surface area contributed by atoms with Crippen molar-refractivity contribution < 1.29 is 23.5 Å². The Kier molecular flexibility index (Phi) is 11.9. The van der Waals surface area contributed by atoms with Crippen LogP contribution in [0.25, 0.3) is 0 Å². The molecule has 2 heterocycles. The molecule has 1 aromatic carbocycles. The third-order valence-electron chi connectivity index (χ3n) is 7.16. The van der Waals surface area contributed by atoms with Crippen LogP contribution in [0, 0.1) is 11.7 Å². The molecule has 1 saturated heterocycles. The number of allylic oxidation sites excluding steroid dienone is 1. The Morgan fingerprint density at radius 1 is 1.24 bits per heavy atom. The molecule has 0 aromatic heterocycles. The predicted molar refractivity (Wildman–Crippen MR) is 147 cm³/mol. The molecule has 2 aliphatic heterocycles. The summed E-state index contributed by atoms with van der Waals surface area (Å²) in [5.74, 6) is -0.210. The Bertz CT molecular complexity index is 997. The van der Waals surface area contributed by atoms with E-state index in [1.807, 2.05) is 0 Å². The Hall–Kier alpha value is -2.65. The van der Waals surface area contributed by atoms with Crippen molar-refractivity contribution in [2.75, 3.05) is 33.4 Å². The summed E-state index contributed by atoms with van der Waals surface area (Å²) in [5.41, 5.74) is 0.343. The van der Waals surface area contributed by atoms with E-state index in [0.29, 0.717) is 41.8 Å². The lowest BCUT2D eigenvalue weighted by atomic mass is 9.91. The number of nitrogens with zero attached hydrogens (tertiary/aromatic N) is 2. The summed E-state index contributed by atoms with van der Waals surface area (Å²) >= 11 is 5.97. The highest BCUT2D eigenvalue weighted by atomic mass is 35.5. The molecule has 1 aromatic rings. The van der Waals surface area contributed by atoms with E-state index in [2.05, 4.69) is 32.2 Å². The van der Waals surface area contributed by atoms with Gasteiger partial charge in [0.2, 0.25) is 5.91 Å². The van der Waals surface area contributed by atoms with Gasteiger partial charge in [-0.15, -0.1) is 0 Å². The Morgan fingerprint density at radius 2 is 2.03 bits per heavy atom. The normalized spacial score (nSPS) is 19.9. The van der Waals surface area contributed by atoms with E-state index >= 15 is 0 Å². The molecule has 210 valence electrons. The van der Waals surface area contributed by atoms with E-state index in [-0.39, 0.29) is 18.3 Å². The summed E-state index contributed by atoms with van der Waals surface area (Å²) in [6, 6.07) is 4.68. The van der Waals surface area contributed by atoms with Gasteiger partial charge in [0.25, 0.3) is 0 Å². The topological polar surface area (TPSA) is 92.3 Å². The smallest absolute Gasteiger partial charge is 0.305 e. The van der Waals surface area contributed by atoms with Crippen molar-refractivity contribution in [2.24, 2.45) is 10.9 Å². The van der Waals surface area contributed by atoms with Crippen LogP contribution in [-0.4, -0.2) is 62.1 Å². The van der Waals surface area contributed by atoms with Gasteiger partial charge in [0.05, 0.1) is 25.2 Å². The molecule has 2 N–H and O–H groups in total. The first-order valence-electron chi connectivity index (χ1n) is 13.5. The van der Waals surface area contributed by atoms with Crippen LogP contribution in [-0.2, 0) is 20.7 Å². The molecule has 0 spiro atoms. The maximum absolute atomic E-state index is 14.5. The van der Waals surface area contributed by atoms with Crippen molar-refractivity contribution in [3.63, 3.8) is 0 Å². The number of likely N-dealkylation sites (tertiary alicyclic amines) is 1. The largest absolute Gasteiger partial charge is 0.493 e. The highest BCUT2D eigenvalue weighted by Crippen LogP contribution is 2.28. The van der Waals surface area contributed by atoms with Crippen LogP contribution in [0.1, 0.15) is 63.9 Å². The number of carbonyl (C=O) groups is 2. The first-order valence-corrected chi connectivity index (χ1v) is 13.9. The second-order valence-corrected chi connectivity index (χ2v) is 10.5. The molecule has 0 aliphatic carbocycles. The fraction of sp³-hybridized carbons (Fsp3) is 0.607. The zero-order valence-electron chi connectivity index (χ0n) is 22.4. The molecule has 3 rings (SSSR count). The number of hydrogen-bond acceptors (Lipinski definition) is 7. The maximum atomic E-state index is 14.5. The molecular formula is C28H40ClFN4O4. The fourth-order valence-electron chi connectivity index (χ4n) is 4.76. The van der Waals surface area contributed by atoms with Gasteiger partial charge in [-0.2, -0.15) is 0 Å². The number of rotatable bonds is 14. The van der Waals surface area contributed by atoms with Crippen molar-refractivity contribution in [3.05, 3.63) is 40.8 Å². The lowest BCUT2D eigenvalue weighted by Gasteiger charge is -2.43. The van der Waals surface area contributed by atoms with Crippen molar-refractivity contribution in [2.45, 2.75) is 70.5 Å². The van der Waals surface area contributed by atoms with Gasteiger partial charge >= 0.3 is 5.97 Å². The van der Waals surface area contributed by atoms with Crippen LogP contribution < -0.4 is 15.4 Å². The molecule has 0 saturated carbocycles. The quantitative estimate of drug-likeness (QED) is 0.261. The molecule has 8 nitrogen and oxygen atoms in total. The number of esters is 1. The van der Waals surface area contributed by atoms with Crippen LogP contribution in [0.15, 0.2) is 34.4 Å². The van der Waals surface area contributed by atoms with E-state index in [9.17, 15) is 14.0 Å². The molecule has 1 atom stereocenters. The Morgan fingerprint density at radius 3 is 2.71 bits per heavy atom. The van der Waals surface area contributed by atoms with E-state index < -0.39 is 11.6 Å². The molecular weight excluding hydrogens is 511 g/mol. The molecule has 1 amide bonds. The Balaban J connectivity index is 1.28. The number of aliphatic imine (C=N–C) groups is 1. The van der Waals surface area contributed by atoms with Gasteiger partial charge < -0.3 is 20.1 Å². The predicted octanol–water partition coefficient (Wildman–Crippen LogP) is 4.52. The summed E-state index contributed by atoms with van der Waals surface area (Å²) in [6.07, 6.45) is 10.3. The summed E-state index contributed by atoms with van der Waals surface area (Å²) in [4.78, 5) is 30.1. The average molecular weight is 551 g/mol. The fourth-order valence-corrected chi connectivity index (χ4v) is 4.86. The molecule has 38 heavy (non-hydrogen) atoms. The summed E-state index contributed by atoms with van der Waals surface area (Å²) in [6.45, 7) is 5.02. The number of nitrogens with one attached hydrogen (secondary N) is 2. The number of amides is 1. The van der Waals surface area contributed by atoms with Gasteiger partial charge in [0.15, 0.2) is 5.79 Å². The van der Waals surface area contributed by atoms with Crippen LogP contribution >= 0.6 is 11.6 Å². The number of carbonyl (C=O) groups excluding carboxylic acids is 2. The molecule has 1 unspecified atom stereocenters.